The summed E-state index contributed by atoms with van der Waals surface area (Å²) in [5.41, 5.74) is 1.74. The maximum absolute atomic E-state index is 12.4. The largest absolute Gasteiger partial charge is 0.497 e. The molecule has 1 N–H and O–H groups in total. The van der Waals surface area contributed by atoms with Crippen molar-refractivity contribution in [3.05, 3.63) is 53.6 Å². The number of benzene rings is 2. The van der Waals surface area contributed by atoms with E-state index in [-0.39, 0.29) is 29.0 Å². The molecule has 1 unspecified atom stereocenters. The molecule has 1 atom stereocenters. The molecule has 1 amide bonds. The minimum atomic E-state index is -3.50. The van der Waals surface area contributed by atoms with Crippen molar-refractivity contribution < 1.29 is 22.7 Å². The highest BCUT2D eigenvalue weighted by Gasteiger charge is 2.19. The lowest BCUT2D eigenvalue weighted by atomic mass is 10.1. The summed E-state index contributed by atoms with van der Waals surface area (Å²) in [6, 6.07) is 11.6. The molecule has 0 radical (unpaired) electrons. The van der Waals surface area contributed by atoms with Crippen LogP contribution in [-0.4, -0.2) is 34.3 Å². The van der Waals surface area contributed by atoms with Crippen molar-refractivity contribution in [3.63, 3.8) is 0 Å². The third-order valence-corrected chi connectivity index (χ3v) is 5.99. The molecule has 0 fully saturated rings. The standard InChI is InChI=1S/C20H25NO5S/c1-14-5-8-17(9-6-14)27(23,24)12-11-20(22)21-15(2)18-13-16(25-3)7-10-19(18)26-4/h5-10,13,15H,11-12H2,1-4H3,(H,21,22). The lowest BCUT2D eigenvalue weighted by Crippen LogP contribution is -2.28. The van der Waals surface area contributed by atoms with Crippen molar-refractivity contribution >= 4 is 15.7 Å². The van der Waals surface area contributed by atoms with Crippen LogP contribution in [0.4, 0.5) is 0 Å². The number of methoxy groups -OCH3 is 2. The summed E-state index contributed by atoms with van der Waals surface area (Å²) in [4.78, 5) is 12.5. The van der Waals surface area contributed by atoms with Crippen molar-refractivity contribution in [1.82, 2.24) is 5.32 Å². The van der Waals surface area contributed by atoms with Crippen LogP contribution in [0.3, 0.4) is 0 Å². The zero-order valence-corrected chi connectivity index (χ0v) is 16.8. The smallest absolute Gasteiger partial charge is 0.221 e. The van der Waals surface area contributed by atoms with E-state index >= 15 is 0 Å². The highest BCUT2D eigenvalue weighted by atomic mass is 32.2. The summed E-state index contributed by atoms with van der Waals surface area (Å²) in [5.74, 6) is 0.678. The predicted molar refractivity (Wildman–Crippen MR) is 104 cm³/mol. The summed E-state index contributed by atoms with van der Waals surface area (Å²) < 4.78 is 35.3. The van der Waals surface area contributed by atoms with Crippen molar-refractivity contribution in [1.29, 1.82) is 0 Å². The van der Waals surface area contributed by atoms with Gasteiger partial charge in [0, 0.05) is 12.0 Å². The molecule has 0 saturated carbocycles. The number of hydrogen-bond donors (Lipinski definition) is 1. The Morgan fingerprint density at radius 1 is 1.07 bits per heavy atom. The van der Waals surface area contributed by atoms with E-state index in [1.54, 1.807) is 56.7 Å². The van der Waals surface area contributed by atoms with Gasteiger partial charge < -0.3 is 14.8 Å². The summed E-state index contributed by atoms with van der Waals surface area (Å²) in [6.07, 6.45) is -0.118. The number of sulfone groups is 1. The number of rotatable bonds is 8. The molecular weight excluding hydrogens is 366 g/mol. The maximum atomic E-state index is 12.4. The van der Waals surface area contributed by atoms with Gasteiger partial charge in [0.15, 0.2) is 9.84 Å². The Kier molecular flexibility index (Phi) is 6.85. The first-order chi connectivity index (χ1) is 12.8. The highest BCUT2D eigenvalue weighted by Crippen LogP contribution is 2.29. The van der Waals surface area contributed by atoms with Crippen LogP contribution in [-0.2, 0) is 14.6 Å². The van der Waals surface area contributed by atoms with Crippen LogP contribution in [0.2, 0.25) is 0 Å². The Labute approximate surface area is 160 Å². The number of carbonyl (C=O) groups excluding carboxylic acids is 1. The zero-order valence-electron chi connectivity index (χ0n) is 16.0. The first kappa shape index (κ1) is 20.8. The Hall–Kier alpha value is -2.54. The molecule has 7 heteroatoms. The highest BCUT2D eigenvalue weighted by molar-refractivity contribution is 7.91. The van der Waals surface area contributed by atoms with Crippen LogP contribution in [0.5, 0.6) is 11.5 Å². The molecule has 6 nitrogen and oxygen atoms in total. The molecule has 0 aromatic heterocycles. The second-order valence-electron chi connectivity index (χ2n) is 6.28. The summed E-state index contributed by atoms with van der Waals surface area (Å²) in [6.45, 7) is 3.70. The second kappa shape index (κ2) is 8.90. The molecule has 27 heavy (non-hydrogen) atoms. The van der Waals surface area contributed by atoms with Gasteiger partial charge in [0.2, 0.25) is 5.91 Å². The van der Waals surface area contributed by atoms with Gasteiger partial charge in [-0.2, -0.15) is 0 Å². The van der Waals surface area contributed by atoms with Crippen molar-refractivity contribution in [2.24, 2.45) is 0 Å². The lowest BCUT2D eigenvalue weighted by molar-refractivity contribution is -0.121. The topological polar surface area (TPSA) is 81.7 Å². The van der Waals surface area contributed by atoms with Crippen LogP contribution >= 0.6 is 0 Å². The number of ether oxygens (including phenoxy) is 2. The predicted octanol–water partition coefficient (Wildman–Crippen LogP) is 3.05. The van der Waals surface area contributed by atoms with Crippen molar-refractivity contribution in [2.75, 3.05) is 20.0 Å². The van der Waals surface area contributed by atoms with Gasteiger partial charge in [0.25, 0.3) is 0 Å². The molecule has 0 spiro atoms. The van der Waals surface area contributed by atoms with Gasteiger partial charge in [-0.15, -0.1) is 0 Å². The Bertz CT molecular complexity index is 891. The number of hydrogen-bond acceptors (Lipinski definition) is 5. The van der Waals surface area contributed by atoms with Crippen molar-refractivity contribution in [2.45, 2.75) is 31.2 Å². The Balaban J connectivity index is 2.02. The molecule has 146 valence electrons. The molecule has 0 aliphatic heterocycles. The SMILES string of the molecule is COc1ccc(OC)c(C(C)NC(=O)CCS(=O)(=O)c2ccc(C)cc2)c1. The molecule has 2 aromatic rings. The van der Waals surface area contributed by atoms with E-state index in [1.807, 2.05) is 13.8 Å². The fourth-order valence-corrected chi connectivity index (χ4v) is 3.90. The van der Waals surface area contributed by atoms with E-state index in [0.717, 1.165) is 11.1 Å². The number of aryl methyl sites for hydroxylation is 1. The monoisotopic (exact) mass is 391 g/mol. The van der Waals surface area contributed by atoms with Crippen LogP contribution in [0.1, 0.15) is 30.5 Å². The summed E-state index contributed by atoms with van der Waals surface area (Å²) in [5, 5.41) is 2.82. The Morgan fingerprint density at radius 2 is 1.74 bits per heavy atom. The quantitative estimate of drug-likeness (QED) is 0.748. The van der Waals surface area contributed by atoms with Gasteiger partial charge in [-0.3, -0.25) is 4.79 Å². The fraction of sp³-hybridized carbons (Fsp3) is 0.350. The number of amides is 1. The van der Waals surface area contributed by atoms with Gasteiger partial charge in [0.1, 0.15) is 11.5 Å². The molecule has 0 aliphatic rings. The minimum Gasteiger partial charge on any atom is -0.497 e. The van der Waals surface area contributed by atoms with E-state index in [1.165, 1.54) is 0 Å². The first-order valence-electron chi connectivity index (χ1n) is 8.57. The minimum absolute atomic E-state index is 0.118. The van der Waals surface area contributed by atoms with Gasteiger partial charge in [-0.25, -0.2) is 8.42 Å². The summed E-state index contributed by atoms with van der Waals surface area (Å²) in [7, 11) is -0.392. The van der Waals surface area contributed by atoms with E-state index in [2.05, 4.69) is 5.32 Å². The average molecular weight is 391 g/mol. The molecular formula is C20H25NO5S. The maximum Gasteiger partial charge on any atom is 0.221 e. The van der Waals surface area contributed by atoms with Gasteiger partial charge in [-0.05, 0) is 44.2 Å². The third-order valence-electron chi connectivity index (χ3n) is 4.26. The molecule has 0 heterocycles. The van der Waals surface area contributed by atoms with Gasteiger partial charge in [-0.1, -0.05) is 17.7 Å². The van der Waals surface area contributed by atoms with E-state index in [9.17, 15) is 13.2 Å². The lowest BCUT2D eigenvalue weighted by Gasteiger charge is -2.18. The van der Waals surface area contributed by atoms with Gasteiger partial charge >= 0.3 is 0 Å². The molecule has 2 aromatic carbocycles. The zero-order chi connectivity index (χ0) is 20.0. The molecule has 0 bridgehead atoms. The summed E-state index contributed by atoms with van der Waals surface area (Å²) >= 11 is 0. The number of carbonyl (C=O) groups is 1. The second-order valence-corrected chi connectivity index (χ2v) is 8.39. The van der Waals surface area contributed by atoms with Crippen LogP contribution in [0, 0.1) is 6.92 Å². The third kappa shape index (κ3) is 5.47. The first-order valence-corrected chi connectivity index (χ1v) is 10.2. The van der Waals surface area contributed by atoms with E-state index in [4.69, 9.17) is 9.47 Å². The molecule has 0 saturated heterocycles. The molecule has 0 aliphatic carbocycles. The number of nitrogens with one attached hydrogen (secondary N) is 1. The normalized spacial score (nSPS) is 12.3. The molecule has 2 rings (SSSR count). The average Bonchev–Trinajstić information content (AvgIpc) is 2.66. The van der Waals surface area contributed by atoms with E-state index in [0.29, 0.717) is 11.5 Å². The van der Waals surface area contributed by atoms with Crippen LogP contribution < -0.4 is 14.8 Å². The van der Waals surface area contributed by atoms with Crippen molar-refractivity contribution in [3.8, 4) is 11.5 Å². The van der Waals surface area contributed by atoms with Gasteiger partial charge in [0.05, 0.1) is 30.9 Å². The van der Waals surface area contributed by atoms with Crippen LogP contribution in [0.15, 0.2) is 47.4 Å². The fourth-order valence-electron chi connectivity index (χ4n) is 2.66. The van der Waals surface area contributed by atoms with E-state index < -0.39 is 9.84 Å². The van der Waals surface area contributed by atoms with Crippen LogP contribution in [0.25, 0.3) is 0 Å². The Morgan fingerprint density at radius 3 is 2.33 bits per heavy atom.